The first-order valence-corrected chi connectivity index (χ1v) is 15.5. The summed E-state index contributed by atoms with van der Waals surface area (Å²) < 4.78 is 2.38. The van der Waals surface area contributed by atoms with Gasteiger partial charge >= 0.3 is 0 Å². The van der Waals surface area contributed by atoms with Crippen LogP contribution in [0.1, 0.15) is 0 Å². The van der Waals surface area contributed by atoms with Gasteiger partial charge in [0.2, 0.25) is 0 Å². The third kappa shape index (κ3) is 3.48. The van der Waals surface area contributed by atoms with Crippen LogP contribution in [0.3, 0.4) is 0 Å². The summed E-state index contributed by atoms with van der Waals surface area (Å²) in [6.45, 7) is 0. The van der Waals surface area contributed by atoms with Gasteiger partial charge in [-0.2, -0.15) is 0 Å². The third-order valence-electron chi connectivity index (χ3n) is 9.59. The average Bonchev–Trinajstić information content (AvgIpc) is 3.63. The molecule has 0 N–H and O–H groups in total. The normalized spacial score (nSPS) is 12.0. The molecule has 0 atom stereocenters. The van der Waals surface area contributed by atoms with E-state index >= 15 is 0 Å². The molecular weight excluding hydrogens is 544 g/mol. The van der Waals surface area contributed by atoms with Crippen molar-refractivity contribution in [2.75, 3.05) is 0 Å². The number of aromatic nitrogens is 2. The van der Waals surface area contributed by atoms with Crippen LogP contribution in [0.2, 0.25) is 0 Å². The second-order valence-corrected chi connectivity index (χ2v) is 12.0. The molecule has 7 aromatic carbocycles. The Morgan fingerprint density at radius 2 is 1.04 bits per heavy atom. The predicted molar refractivity (Wildman–Crippen MR) is 189 cm³/mol. The number of nitrogens with zero attached hydrogens (tertiary/aromatic N) is 2. The Hall–Kier alpha value is -5.99. The van der Waals surface area contributed by atoms with E-state index in [4.69, 9.17) is 4.98 Å². The highest BCUT2D eigenvalue weighted by Crippen LogP contribution is 2.49. The van der Waals surface area contributed by atoms with Crippen LogP contribution in [-0.4, -0.2) is 9.55 Å². The van der Waals surface area contributed by atoms with Crippen LogP contribution in [0, 0.1) is 0 Å². The molecule has 208 valence electrons. The predicted octanol–water partition coefficient (Wildman–Crippen LogP) is 11.5. The zero-order chi connectivity index (χ0) is 29.5. The van der Waals surface area contributed by atoms with Crippen LogP contribution in [0.5, 0.6) is 0 Å². The van der Waals surface area contributed by atoms with Gasteiger partial charge in [-0.15, -0.1) is 0 Å². The Bertz CT molecular complexity index is 2600. The smallest absolute Gasteiger partial charge is 0.0723 e. The zero-order valence-corrected chi connectivity index (χ0v) is 24.4. The summed E-state index contributed by atoms with van der Waals surface area (Å²) in [6, 6.07) is 55.1. The van der Waals surface area contributed by atoms with Crippen molar-refractivity contribution in [1.82, 2.24) is 9.55 Å². The van der Waals surface area contributed by atoms with Gasteiger partial charge < -0.3 is 4.57 Å². The maximum atomic E-state index is 4.86. The molecule has 0 fully saturated rings. The summed E-state index contributed by atoms with van der Waals surface area (Å²) in [5, 5.41) is 6.21. The average molecular weight is 571 g/mol. The summed E-state index contributed by atoms with van der Waals surface area (Å²) in [5.41, 5.74) is 14.8. The van der Waals surface area contributed by atoms with E-state index in [9.17, 15) is 0 Å². The molecule has 9 aromatic rings. The van der Waals surface area contributed by atoms with E-state index in [1.807, 2.05) is 6.20 Å². The maximum Gasteiger partial charge on any atom is 0.0723 e. The van der Waals surface area contributed by atoms with Gasteiger partial charge in [-0.3, -0.25) is 4.98 Å². The minimum absolute atomic E-state index is 1.01. The fourth-order valence-corrected chi connectivity index (χ4v) is 7.56. The molecule has 0 saturated carbocycles. The molecule has 45 heavy (non-hydrogen) atoms. The zero-order valence-electron chi connectivity index (χ0n) is 24.4. The number of para-hydroxylation sites is 2. The maximum absolute atomic E-state index is 4.86. The molecule has 2 heteroatoms. The Morgan fingerprint density at radius 3 is 1.89 bits per heavy atom. The number of pyridine rings is 1. The number of rotatable bonds is 3. The Kier molecular flexibility index (Phi) is 5.03. The summed E-state index contributed by atoms with van der Waals surface area (Å²) in [7, 11) is 0. The fourth-order valence-electron chi connectivity index (χ4n) is 7.56. The first kappa shape index (κ1) is 24.5. The van der Waals surface area contributed by atoms with E-state index in [2.05, 4.69) is 156 Å². The molecule has 2 heterocycles. The van der Waals surface area contributed by atoms with E-state index in [0.717, 1.165) is 16.6 Å². The third-order valence-corrected chi connectivity index (χ3v) is 9.59. The minimum Gasteiger partial charge on any atom is -0.309 e. The van der Waals surface area contributed by atoms with Crippen LogP contribution in [0.25, 0.3) is 93.7 Å². The highest BCUT2D eigenvalue weighted by atomic mass is 15.0. The van der Waals surface area contributed by atoms with Crippen LogP contribution in [0.15, 0.2) is 158 Å². The lowest BCUT2D eigenvalue weighted by molar-refractivity contribution is 1.18. The molecule has 0 spiro atoms. The highest BCUT2D eigenvalue weighted by molar-refractivity contribution is 6.19. The van der Waals surface area contributed by atoms with Crippen LogP contribution >= 0.6 is 0 Å². The first-order valence-electron chi connectivity index (χ1n) is 15.5. The quantitative estimate of drug-likeness (QED) is 0.207. The van der Waals surface area contributed by atoms with E-state index in [0.29, 0.717) is 0 Å². The van der Waals surface area contributed by atoms with Gasteiger partial charge in [0.1, 0.15) is 0 Å². The van der Waals surface area contributed by atoms with Gasteiger partial charge in [-0.1, -0.05) is 121 Å². The molecule has 0 unspecified atom stereocenters. The van der Waals surface area contributed by atoms with Gasteiger partial charge in [-0.25, -0.2) is 0 Å². The van der Waals surface area contributed by atoms with Crippen molar-refractivity contribution in [2.24, 2.45) is 0 Å². The molecule has 0 aliphatic heterocycles. The van der Waals surface area contributed by atoms with Crippen molar-refractivity contribution in [2.45, 2.75) is 0 Å². The monoisotopic (exact) mass is 570 g/mol. The van der Waals surface area contributed by atoms with Crippen molar-refractivity contribution in [3.8, 4) is 50.2 Å². The van der Waals surface area contributed by atoms with Gasteiger partial charge in [0.05, 0.1) is 16.6 Å². The molecule has 2 aromatic heterocycles. The molecule has 1 aliphatic rings. The van der Waals surface area contributed by atoms with Gasteiger partial charge in [-0.05, 0) is 85.6 Å². The van der Waals surface area contributed by atoms with E-state index < -0.39 is 0 Å². The van der Waals surface area contributed by atoms with Crippen LogP contribution in [-0.2, 0) is 0 Å². The minimum atomic E-state index is 1.01. The molecule has 0 amide bonds. The Labute approximate surface area is 260 Å². The number of benzene rings is 7. The molecular formula is C43H26N2. The SMILES string of the molecule is c1ccc(-n2c3ccc(-c4ccc(-c5ccc6c7c(cccc57)-c5ccccc5-6)cc4)cc3c3cnc4ccccc4c32)cc1. The van der Waals surface area contributed by atoms with Gasteiger partial charge in [0, 0.05) is 28.0 Å². The summed E-state index contributed by atoms with van der Waals surface area (Å²) >= 11 is 0. The van der Waals surface area contributed by atoms with E-state index in [-0.39, 0.29) is 0 Å². The lowest BCUT2D eigenvalue weighted by Gasteiger charge is -2.11. The fraction of sp³-hybridized carbons (Fsp3) is 0. The Morgan fingerprint density at radius 1 is 0.400 bits per heavy atom. The molecule has 10 rings (SSSR count). The Balaban J connectivity index is 1.12. The van der Waals surface area contributed by atoms with Crippen molar-refractivity contribution in [3.05, 3.63) is 158 Å². The van der Waals surface area contributed by atoms with E-state index in [1.54, 1.807) is 0 Å². The standard InChI is InChI=1S/C43H26N2/c1-2-9-30(10-3-1)45-41-24-21-29(25-38(41)39-26-44-40-16-7-6-13-37(40)43(39)45)27-17-19-28(20-18-27)31-22-23-36-33-12-5-4-11-32(33)35-15-8-14-34(31)42(35)36/h1-26H. The summed E-state index contributed by atoms with van der Waals surface area (Å²) in [6.07, 6.45) is 2.04. The lowest BCUT2D eigenvalue weighted by Crippen LogP contribution is -1.94. The lowest BCUT2D eigenvalue weighted by atomic mass is 9.93. The summed E-state index contributed by atoms with van der Waals surface area (Å²) in [5.74, 6) is 0. The van der Waals surface area contributed by atoms with Crippen molar-refractivity contribution in [3.63, 3.8) is 0 Å². The number of fused-ring (bicyclic) bond motifs is 8. The summed E-state index contributed by atoms with van der Waals surface area (Å²) in [4.78, 5) is 4.86. The van der Waals surface area contributed by atoms with Crippen molar-refractivity contribution in [1.29, 1.82) is 0 Å². The second kappa shape index (κ2) is 9.25. The van der Waals surface area contributed by atoms with Crippen molar-refractivity contribution < 1.29 is 0 Å². The van der Waals surface area contributed by atoms with Crippen LogP contribution < -0.4 is 0 Å². The van der Waals surface area contributed by atoms with E-state index in [1.165, 1.54) is 77.1 Å². The number of hydrogen-bond donors (Lipinski definition) is 0. The largest absolute Gasteiger partial charge is 0.309 e. The first-order chi connectivity index (χ1) is 22.3. The van der Waals surface area contributed by atoms with Crippen molar-refractivity contribution >= 4 is 43.5 Å². The number of hydrogen-bond acceptors (Lipinski definition) is 1. The van der Waals surface area contributed by atoms with Gasteiger partial charge in [0.25, 0.3) is 0 Å². The molecule has 0 saturated heterocycles. The topological polar surface area (TPSA) is 17.8 Å². The highest BCUT2D eigenvalue weighted by Gasteiger charge is 2.22. The van der Waals surface area contributed by atoms with Gasteiger partial charge in [0.15, 0.2) is 0 Å². The molecule has 1 aliphatic carbocycles. The molecule has 0 radical (unpaired) electrons. The second-order valence-electron chi connectivity index (χ2n) is 12.0. The molecule has 2 nitrogen and oxygen atoms in total. The van der Waals surface area contributed by atoms with Crippen LogP contribution in [0.4, 0.5) is 0 Å². The molecule has 0 bridgehead atoms.